The third kappa shape index (κ3) is 4.11. The molecule has 0 unspecified atom stereocenters. The van der Waals surface area contributed by atoms with E-state index in [2.05, 4.69) is 15.3 Å². The topological polar surface area (TPSA) is 76.9 Å². The number of benzene rings is 2. The molecule has 2 aromatic carbocycles. The number of nitrogens with one attached hydrogen (secondary N) is 1. The summed E-state index contributed by atoms with van der Waals surface area (Å²) in [5, 5.41) is 3.85. The Bertz CT molecular complexity index is 1300. The molecule has 6 nitrogen and oxygen atoms in total. The van der Waals surface area contributed by atoms with Crippen LogP contribution in [-0.2, 0) is 4.79 Å². The van der Waals surface area contributed by atoms with Crippen molar-refractivity contribution < 1.29 is 4.79 Å². The number of nitrogens with zero attached hydrogens (tertiary/aromatic N) is 3. The average Bonchev–Trinajstić information content (AvgIpc) is 2.74. The predicted molar refractivity (Wildman–Crippen MR) is 120 cm³/mol. The molecule has 7 heteroatoms. The van der Waals surface area contributed by atoms with Crippen LogP contribution in [0.2, 0.25) is 0 Å². The second-order valence-electron chi connectivity index (χ2n) is 6.90. The van der Waals surface area contributed by atoms with Gasteiger partial charge >= 0.3 is 0 Å². The fourth-order valence-corrected chi connectivity index (χ4v) is 3.88. The number of aromatic nitrogens is 3. The molecular formula is C23H20N4O2S. The zero-order chi connectivity index (χ0) is 21.1. The minimum atomic E-state index is -0.208. The van der Waals surface area contributed by atoms with Crippen molar-refractivity contribution in [1.82, 2.24) is 14.5 Å². The van der Waals surface area contributed by atoms with Gasteiger partial charge in [0.2, 0.25) is 5.91 Å². The summed E-state index contributed by atoms with van der Waals surface area (Å²) in [6.45, 7) is 3.88. The Morgan fingerprint density at radius 3 is 2.63 bits per heavy atom. The number of aryl methyl sites for hydroxylation is 2. The van der Waals surface area contributed by atoms with Gasteiger partial charge in [0.05, 0.1) is 16.7 Å². The van der Waals surface area contributed by atoms with Gasteiger partial charge in [-0.2, -0.15) is 0 Å². The first-order chi connectivity index (χ1) is 14.5. The van der Waals surface area contributed by atoms with Crippen LogP contribution in [0.5, 0.6) is 0 Å². The minimum Gasteiger partial charge on any atom is -0.325 e. The SMILES string of the molecule is Cc1ccnc(-n2c(SCC(=O)Nc3ccccc3C)nc3ccccc3c2=O)c1. The highest BCUT2D eigenvalue weighted by atomic mass is 32.2. The standard InChI is InChI=1S/C23H20N4O2S/c1-15-11-12-24-20(13-15)27-22(29)17-8-4-6-10-19(17)26-23(27)30-14-21(28)25-18-9-5-3-7-16(18)2/h3-13H,14H2,1-2H3,(H,25,28). The summed E-state index contributed by atoms with van der Waals surface area (Å²) < 4.78 is 1.47. The van der Waals surface area contributed by atoms with Crippen molar-refractivity contribution in [2.24, 2.45) is 0 Å². The molecule has 2 heterocycles. The smallest absolute Gasteiger partial charge is 0.267 e. The maximum atomic E-state index is 13.2. The highest BCUT2D eigenvalue weighted by Gasteiger charge is 2.16. The molecule has 1 N–H and O–H groups in total. The lowest BCUT2D eigenvalue weighted by Gasteiger charge is -2.13. The summed E-state index contributed by atoms with van der Waals surface area (Å²) in [6, 6.07) is 18.5. The van der Waals surface area contributed by atoms with Crippen molar-refractivity contribution in [1.29, 1.82) is 0 Å². The molecule has 0 aliphatic carbocycles. The molecule has 0 aliphatic rings. The zero-order valence-corrected chi connectivity index (χ0v) is 17.4. The van der Waals surface area contributed by atoms with Gasteiger partial charge < -0.3 is 5.32 Å². The molecule has 0 spiro atoms. The number of hydrogen-bond donors (Lipinski definition) is 1. The molecule has 0 saturated heterocycles. The van der Waals surface area contributed by atoms with Crippen molar-refractivity contribution >= 4 is 34.3 Å². The molecule has 30 heavy (non-hydrogen) atoms. The number of carbonyl (C=O) groups excluding carboxylic acids is 1. The van der Waals surface area contributed by atoms with Crippen LogP contribution in [0, 0.1) is 13.8 Å². The van der Waals surface area contributed by atoms with Crippen LogP contribution in [0.3, 0.4) is 0 Å². The van der Waals surface area contributed by atoms with Gasteiger partial charge in [-0.1, -0.05) is 42.1 Å². The molecule has 0 radical (unpaired) electrons. The first kappa shape index (κ1) is 19.8. The predicted octanol–water partition coefficient (Wildman–Crippen LogP) is 4.13. The highest BCUT2D eigenvalue weighted by molar-refractivity contribution is 7.99. The van der Waals surface area contributed by atoms with Gasteiger partial charge in [0.1, 0.15) is 5.82 Å². The van der Waals surface area contributed by atoms with Gasteiger partial charge in [-0.05, 0) is 55.3 Å². The Kier molecular flexibility index (Phi) is 5.63. The molecule has 0 bridgehead atoms. The van der Waals surface area contributed by atoms with Crippen molar-refractivity contribution in [3.8, 4) is 5.82 Å². The molecule has 0 aliphatic heterocycles. The molecule has 1 amide bonds. The maximum absolute atomic E-state index is 13.2. The first-order valence-electron chi connectivity index (χ1n) is 9.46. The molecule has 4 aromatic rings. The van der Waals surface area contributed by atoms with E-state index >= 15 is 0 Å². The van der Waals surface area contributed by atoms with Crippen LogP contribution in [0.1, 0.15) is 11.1 Å². The number of hydrogen-bond acceptors (Lipinski definition) is 5. The summed E-state index contributed by atoms with van der Waals surface area (Å²) in [5.74, 6) is 0.436. The minimum absolute atomic E-state index is 0.116. The first-order valence-corrected chi connectivity index (χ1v) is 10.4. The maximum Gasteiger partial charge on any atom is 0.267 e. The summed E-state index contributed by atoms with van der Waals surface area (Å²) in [5.41, 5.74) is 3.12. The van der Waals surface area contributed by atoms with Crippen LogP contribution >= 0.6 is 11.8 Å². The van der Waals surface area contributed by atoms with Crippen molar-refractivity contribution in [3.05, 3.63) is 88.3 Å². The molecule has 0 fully saturated rings. The Labute approximate surface area is 178 Å². The molecule has 4 rings (SSSR count). The number of carbonyl (C=O) groups is 1. The lowest BCUT2D eigenvalue weighted by molar-refractivity contribution is -0.113. The van der Waals surface area contributed by atoms with Gasteiger partial charge in [-0.15, -0.1) is 0 Å². The van der Waals surface area contributed by atoms with Crippen LogP contribution in [0.15, 0.2) is 76.8 Å². The quantitative estimate of drug-likeness (QED) is 0.391. The number of amides is 1. The average molecular weight is 417 g/mol. The van der Waals surface area contributed by atoms with Gasteiger partial charge in [-0.3, -0.25) is 9.59 Å². The monoisotopic (exact) mass is 416 g/mol. The van der Waals surface area contributed by atoms with E-state index < -0.39 is 0 Å². The number of rotatable bonds is 5. The van der Waals surface area contributed by atoms with E-state index in [4.69, 9.17) is 0 Å². The fourth-order valence-electron chi connectivity index (χ4n) is 3.08. The summed E-state index contributed by atoms with van der Waals surface area (Å²) >= 11 is 1.21. The third-order valence-electron chi connectivity index (χ3n) is 4.63. The van der Waals surface area contributed by atoms with Crippen molar-refractivity contribution in [2.75, 3.05) is 11.1 Å². The molecule has 150 valence electrons. The van der Waals surface area contributed by atoms with Crippen LogP contribution in [0.4, 0.5) is 5.69 Å². The summed E-state index contributed by atoms with van der Waals surface area (Å²) in [4.78, 5) is 34.7. The third-order valence-corrected chi connectivity index (χ3v) is 5.57. The number of thioether (sulfide) groups is 1. The Hall–Kier alpha value is -3.45. The number of fused-ring (bicyclic) bond motifs is 1. The Balaban J connectivity index is 1.69. The van der Waals surface area contributed by atoms with Gasteiger partial charge in [0.25, 0.3) is 5.56 Å². The fraction of sp³-hybridized carbons (Fsp3) is 0.130. The zero-order valence-electron chi connectivity index (χ0n) is 16.6. The molecular weight excluding hydrogens is 396 g/mol. The van der Waals surface area contributed by atoms with Gasteiger partial charge in [-0.25, -0.2) is 14.5 Å². The lowest BCUT2D eigenvalue weighted by Crippen LogP contribution is -2.23. The Morgan fingerprint density at radius 1 is 1.07 bits per heavy atom. The summed E-state index contributed by atoms with van der Waals surface area (Å²) in [7, 11) is 0. The van der Waals surface area contributed by atoms with E-state index in [-0.39, 0.29) is 17.2 Å². The lowest BCUT2D eigenvalue weighted by atomic mass is 10.2. The molecule has 0 atom stereocenters. The normalized spacial score (nSPS) is 10.9. The van der Waals surface area contributed by atoms with Crippen LogP contribution < -0.4 is 10.9 Å². The van der Waals surface area contributed by atoms with E-state index in [1.165, 1.54) is 16.3 Å². The van der Waals surface area contributed by atoms with E-state index in [9.17, 15) is 9.59 Å². The van der Waals surface area contributed by atoms with E-state index in [0.29, 0.717) is 21.9 Å². The molecule has 2 aromatic heterocycles. The van der Waals surface area contributed by atoms with E-state index in [1.807, 2.05) is 62.4 Å². The van der Waals surface area contributed by atoms with Crippen molar-refractivity contribution in [2.45, 2.75) is 19.0 Å². The van der Waals surface area contributed by atoms with Crippen molar-refractivity contribution in [3.63, 3.8) is 0 Å². The number of pyridine rings is 1. The Morgan fingerprint density at radius 2 is 1.83 bits per heavy atom. The summed E-state index contributed by atoms with van der Waals surface area (Å²) in [6.07, 6.45) is 1.66. The highest BCUT2D eigenvalue weighted by Crippen LogP contribution is 2.21. The van der Waals surface area contributed by atoms with Crippen LogP contribution in [-0.4, -0.2) is 26.2 Å². The van der Waals surface area contributed by atoms with Gasteiger partial charge in [0, 0.05) is 11.9 Å². The number of anilines is 1. The molecule has 0 saturated carbocycles. The largest absolute Gasteiger partial charge is 0.325 e. The van der Waals surface area contributed by atoms with E-state index in [1.54, 1.807) is 18.3 Å². The van der Waals surface area contributed by atoms with Gasteiger partial charge in [0.15, 0.2) is 5.16 Å². The second kappa shape index (κ2) is 8.51. The van der Waals surface area contributed by atoms with Crippen LogP contribution in [0.25, 0.3) is 16.7 Å². The second-order valence-corrected chi connectivity index (χ2v) is 7.84. The van der Waals surface area contributed by atoms with E-state index in [0.717, 1.165) is 16.8 Å². The number of para-hydroxylation sites is 2.